The monoisotopic (exact) mass is 312 g/mol. The molecule has 0 aliphatic rings. The Morgan fingerprint density at radius 1 is 1.38 bits per heavy atom. The third-order valence-electron chi connectivity index (χ3n) is 2.45. The van der Waals surface area contributed by atoms with Gasteiger partial charge in [0, 0.05) is 12.1 Å². The second-order valence-electron chi connectivity index (χ2n) is 5.53. The summed E-state index contributed by atoms with van der Waals surface area (Å²) in [6.45, 7) is 9.15. The lowest BCUT2D eigenvalue weighted by molar-refractivity contribution is 0.0696. The van der Waals surface area contributed by atoms with Gasteiger partial charge in [0.1, 0.15) is 4.90 Å². The molecule has 0 atom stereocenters. The van der Waals surface area contributed by atoms with Gasteiger partial charge in [-0.05, 0) is 39.0 Å². The molecule has 0 spiro atoms. The largest absolute Gasteiger partial charge is 0.478 e. The lowest BCUT2D eigenvalue weighted by Gasteiger charge is -2.24. The van der Waals surface area contributed by atoms with Gasteiger partial charge in [0.2, 0.25) is 10.0 Å². The number of anilines is 1. The maximum atomic E-state index is 12.3. The van der Waals surface area contributed by atoms with Crippen LogP contribution in [0.1, 0.15) is 31.1 Å². The summed E-state index contributed by atoms with van der Waals surface area (Å²) in [5.41, 5.74) is -0.106. The van der Waals surface area contributed by atoms with Crippen LogP contribution in [0.15, 0.2) is 35.7 Å². The summed E-state index contributed by atoms with van der Waals surface area (Å²) in [4.78, 5) is 10.9. The molecule has 3 N–H and O–H groups in total. The van der Waals surface area contributed by atoms with Crippen molar-refractivity contribution in [1.82, 2.24) is 4.72 Å². The Balaban J connectivity index is 3.39. The summed E-state index contributed by atoms with van der Waals surface area (Å²) >= 11 is 0. The van der Waals surface area contributed by atoms with E-state index in [2.05, 4.69) is 16.6 Å². The van der Waals surface area contributed by atoms with Crippen molar-refractivity contribution < 1.29 is 18.3 Å². The molecule has 0 radical (unpaired) electrons. The third kappa shape index (κ3) is 4.87. The number of carbonyl (C=O) groups is 1. The maximum Gasteiger partial charge on any atom is 0.335 e. The predicted octanol–water partition coefficient (Wildman–Crippen LogP) is 2.06. The van der Waals surface area contributed by atoms with Crippen molar-refractivity contribution in [1.29, 1.82) is 0 Å². The van der Waals surface area contributed by atoms with Crippen LogP contribution in [0, 0.1) is 0 Å². The molecule has 6 nitrogen and oxygen atoms in total. The molecule has 0 saturated carbocycles. The first-order chi connectivity index (χ1) is 9.57. The summed E-state index contributed by atoms with van der Waals surface area (Å²) in [5.74, 6) is -1.18. The van der Waals surface area contributed by atoms with E-state index in [9.17, 15) is 13.2 Å². The maximum absolute atomic E-state index is 12.3. The summed E-state index contributed by atoms with van der Waals surface area (Å²) in [6.07, 6.45) is 1.41. The van der Waals surface area contributed by atoms with Crippen LogP contribution in [0.4, 0.5) is 5.69 Å². The smallest absolute Gasteiger partial charge is 0.335 e. The average molecular weight is 312 g/mol. The van der Waals surface area contributed by atoms with Gasteiger partial charge in [0.15, 0.2) is 0 Å². The highest BCUT2D eigenvalue weighted by Crippen LogP contribution is 2.25. The van der Waals surface area contributed by atoms with Crippen molar-refractivity contribution >= 4 is 21.7 Å². The van der Waals surface area contributed by atoms with Gasteiger partial charge in [0.25, 0.3) is 0 Å². The van der Waals surface area contributed by atoms with Crippen LogP contribution in [0.3, 0.4) is 0 Å². The minimum absolute atomic E-state index is 0.0641. The summed E-state index contributed by atoms with van der Waals surface area (Å²) in [6, 6.07) is 3.96. The zero-order valence-corrected chi connectivity index (χ0v) is 13.1. The fourth-order valence-corrected chi connectivity index (χ4v) is 2.81. The SMILES string of the molecule is C=CCNS(=O)(=O)c1cc(C(=O)O)ccc1NC(C)(C)C. The Hall–Kier alpha value is -1.86. The van der Waals surface area contributed by atoms with E-state index >= 15 is 0 Å². The molecule has 0 unspecified atom stereocenters. The highest BCUT2D eigenvalue weighted by atomic mass is 32.2. The average Bonchev–Trinajstić information content (AvgIpc) is 2.34. The van der Waals surface area contributed by atoms with Crippen LogP contribution in [-0.4, -0.2) is 31.6 Å². The van der Waals surface area contributed by atoms with Gasteiger partial charge in [-0.15, -0.1) is 6.58 Å². The first-order valence-corrected chi connectivity index (χ1v) is 7.81. The Labute approximate surface area is 124 Å². The lowest BCUT2D eigenvalue weighted by atomic mass is 10.1. The quantitative estimate of drug-likeness (QED) is 0.699. The van der Waals surface area contributed by atoms with Gasteiger partial charge in [-0.3, -0.25) is 0 Å². The molecule has 1 aromatic carbocycles. The molecular formula is C14H20N2O4S. The number of aromatic carboxylic acids is 1. The van der Waals surface area contributed by atoms with Crippen LogP contribution in [-0.2, 0) is 10.0 Å². The highest BCUT2D eigenvalue weighted by molar-refractivity contribution is 7.89. The van der Waals surface area contributed by atoms with Gasteiger partial charge in [-0.25, -0.2) is 17.9 Å². The highest BCUT2D eigenvalue weighted by Gasteiger charge is 2.22. The molecule has 21 heavy (non-hydrogen) atoms. The number of hydrogen-bond donors (Lipinski definition) is 3. The van der Waals surface area contributed by atoms with E-state index in [4.69, 9.17) is 5.11 Å². The standard InChI is InChI=1S/C14H20N2O4S/c1-5-8-15-21(19,20)12-9-10(13(17)18)6-7-11(12)16-14(2,3)4/h5-7,9,15-16H,1,8H2,2-4H3,(H,17,18). The molecular weight excluding hydrogens is 292 g/mol. The second kappa shape index (κ2) is 6.28. The van der Waals surface area contributed by atoms with Crippen molar-refractivity contribution in [3.05, 3.63) is 36.4 Å². The molecule has 0 amide bonds. The van der Waals surface area contributed by atoms with Crippen molar-refractivity contribution in [2.24, 2.45) is 0 Å². The Morgan fingerprint density at radius 2 is 2.00 bits per heavy atom. The van der Waals surface area contributed by atoms with Crippen molar-refractivity contribution in [3.63, 3.8) is 0 Å². The number of sulfonamides is 1. The van der Waals surface area contributed by atoms with Gasteiger partial charge >= 0.3 is 5.97 Å². The molecule has 0 aliphatic carbocycles. The zero-order chi connectivity index (χ0) is 16.3. The summed E-state index contributed by atoms with van der Waals surface area (Å²) in [5, 5.41) is 12.1. The number of rotatable bonds is 6. The van der Waals surface area contributed by atoms with Crippen molar-refractivity contribution in [3.8, 4) is 0 Å². The number of benzene rings is 1. The van der Waals surface area contributed by atoms with E-state index in [0.29, 0.717) is 5.69 Å². The molecule has 0 aromatic heterocycles. The molecule has 0 heterocycles. The molecule has 1 rings (SSSR count). The van der Waals surface area contributed by atoms with Crippen LogP contribution >= 0.6 is 0 Å². The molecule has 0 fully saturated rings. The van der Waals surface area contributed by atoms with Gasteiger partial charge < -0.3 is 10.4 Å². The number of nitrogens with one attached hydrogen (secondary N) is 2. The molecule has 1 aromatic rings. The Bertz CT molecular complexity index is 645. The Kier molecular flexibility index (Phi) is 5.14. The zero-order valence-electron chi connectivity index (χ0n) is 12.3. The van der Waals surface area contributed by atoms with E-state index in [0.717, 1.165) is 6.07 Å². The molecule has 0 bridgehead atoms. The van der Waals surface area contributed by atoms with Crippen LogP contribution in [0.5, 0.6) is 0 Å². The lowest BCUT2D eigenvalue weighted by Crippen LogP contribution is -2.30. The van der Waals surface area contributed by atoms with Crippen LogP contribution in [0.2, 0.25) is 0 Å². The second-order valence-corrected chi connectivity index (χ2v) is 7.27. The van der Waals surface area contributed by atoms with Gasteiger partial charge in [-0.2, -0.15) is 0 Å². The molecule has 0 aliphatic heterocycles. The third-order valence-corrected chi connectivity index (χ3v) is 3.91. The van der Waals surface area contributed by atoms with Crippen LogP contribution < -0.4 is 10.0 Å². The minimum Gasteiger partial charge on any atom is -0.478 e. The number of hydrogen-bond acceptors (Lipinski definition) is 4. The topological polar surface area (TPSA) is 95.5 Å². The number of carboxylic acid groups (broad SMARTS) is 1. The Morgan fingerprint density at radius 3 is 2.48 bits per heavy atom. The molecule has 0 saturated heterocycles. The van der Waals surface area contributed by atoms with Crippen LogP contribution in [0.25, 0.3) is 0 Å². The van der Waals surface area contributed by atoms with Gasteiger partial charge in [0.05, 0.1) is 11.3 Å². The molecule has 116 valence electrons. The van der Waals surface area contributed by atoms with E-state index < -0.39 is 16.0 Å². The molecule has 7 heteroatoms. The van der Waals surface area contributed by atoms with Gasteiger partial charge in [-0.1, -0.05) is 6.08 Å². The summed E-state index contributed by atoms with van der Waals surface area (Å²) < 4.78 is 26.9. The predicted molar refractivity (Wildman–Crippen MR) is 82.2 cm³/mol. The fourth-order valence-electron chi connectivity index (χ4n) is 1.63. The summed E-state index contributed by atoms with van der Waals surface area (Å²) in [7, 11) is -3.83. The number of carboxylic acids is 1. The fraction of sp³-hybridized carbons (Fsp3) is 0.357. The van der Waals surface area contributed by atoms with Crippen molar-refractivity contribution in [2.45, 2.75) is 31.2 Å². The minimum atomic E-state index is -3.83. The normalized spacial score (nSPS) is 12.0. The van der Waals surface area contributed by atoms with E-state index in [1.165, 1.54) is 18.2 Å². The first kappa shape index (κ1) is 17.2. The van der Waals surface area contributed by atoms with E-state index in [1.54, 1.807) is 0 Å². The van der Waals surface area contributed by atoms with Crippen molar-refractivity contribution in [2.75, 3.05) is 11.9 Å². The van der Waals surface area contributed by atoms with E-state index in [1.807, 2.05) is 20.8 Å². The first-order valence-electron chi connectivity index (χ1n) is 6.33. The van der Waals surface area contributed by atoms with E-state index in [-0.39, 0.29) is 22.5 Å².